The molecule has 0 fully saturated rings. The van der Waals surface area contributed by atoms with E-state index in [0.717, 1.165) is 55.6 Å². The van der Waals surface area contributed by atoms with E-state index in [2.05, 4.69) is 38.4 Å². The van der Waals surface area contributed by atoms with Crippen molar-refractivity contribution in [3.8, 4) is 22.5 Å². The van der Waals surface area contributed by atoms with Gasteiger partial charge in [0, 0.05) is 54.1 Å². The molecule has 0 saturated heterocycles. The van der Waals surface area contributed by atoms with Crippen molar-refractivity contribution in [2.75, 3.05) is 0 Å². The number of fused-ring (bicyclic) bond motifs is 2. The maximum Gasteiger partial charge on any atom is 0.211 e. The molecule has 0 atom stereocenters. The lowest BCUT2D eigenvalue weighted by Gasteiger charge is -2.03. The van der Waals surface area contributed by atoms with Crippen LogP contribution in [0.5, 0.6) is 0 Å². The number of amidine groups is 1. The van der Waals surface area contributed by atoms with Gasteiger partial charge in [0.05, 0.1) is 17.1 Å². The lowest BCUT2D eigenvalue weighted by Crippen LogP contribution is -1.97. The Morgan fingerprint density at radius 1 is 0.762 bits per heavy atom. The fourth-order valence-electron chi connectivity index (χ4n) is 5.07. The van der Waals surface area contributed by atoms with Gasteiger partial charge in [0.15, 0.2) is 5.84 Å². The Morgan fingerprint density at radius 2 is 1.40 bits per heavy atom. The van der Waals surface area contributed by atoms with Crippen LogP contribution >= 0.6 is 34.5 Å². The molecule has 0 unspecified atom stereocenters. The molecule has 0 aliphatic rings. The number of hydrogen-bond acceptors (Lipinski definition) is 4. The number of azo groups is 1. The molecule has 7 aromatic rings. The Labute approximate surface area is 255 Å². The van der Waals surface area contributed by atoms with Crippen molar-refractivity contribution in [1.82, 2.24) is 15.0 Å². The maximum atomic E-state index is 6.19. The Balaban J connectivity index is 1.36. The highest BCUT2D eigenvalue weighted by molar-refractivity contribution is 7.13. The molecule has 0 saturated carbocycles. The van der Waals surface area contributed by atoms with Gasteiger partial charge >= 0.3 is 0 Å². The molecule has 2 N–H and O–H groups in total. The van der Waals surface area contributed by atoms with Crippen LogP contribution in [-0.2, 0) is 0 Å². The van der Waals surface area contributed by atoms with Gasteiger partial charge in [-0.25, -0.2) is 4.98 Å². The monoisotopic (exact) mass is 604 g/mol. The molecule has 7 rings (SSSR count). The summed E-state index contributed by atoms with van der Waals surface area (Å²) in [6.07, 6.45) is 0. The Kier molecular flexibility index (Phi) is 6.91. The van der Waals surface area contributed by atoms with Crippen molar-refractivity contribution in [2.24, 2.45) is 15.2 Å². The average molecular weight is 606 g/mol. The second kappa shape index (κ2) is 11.0. The first-order chi connectivity index (χ1) is 20.5. The highest BCUT2D eigenvalue weighted by Crippen LogP contribution is 2.40. The molecule has 9 heteroatoms. The van der Waals surface area contributed by atoms with Gasteiger partial charge in [-0.2, -0.15) is 4.99 Å². The summed E-state index contributed by atoms with van der Waals surface area (Å²) in [6.45, 7) is 2.01. The third-order valence-electron chi connectivity index (χ3n) is 6.99. The average Bonchev–Trinajstić information content (AvgIpc) is 3.71. The topological polar surface area (TPSA) is 81.5 Å². The first kappa shape index (κ1) is 26.3. The maximum absolute atomic E-state index is 6.19. The number of aliphatic imine (C=N–C) groups is 1. The Hall–Kier alpha value is -4.56. The molecule has 42 heavy (non-hydrogen) atoms. The van der Waals surface area contributed by atoms with E-state index in [1.807, 2.05) is 79.0 Å². The van der Waals surface area contributed by atoms with Gasteiger partial charge < -0.3 is 9.97 Å². The van der Waals surface area contributed by atoms with Crippen molar-refractivity contribution < 1.29 is 0 Å². The summed E-state index contributed by atoms with van der Waals surface area (Å²) in [6, 6.07) is 31.3. The van der Waals surface area contributed by atoms with Gasteiger partial charge in [0.2, 0.25) is 5.13 Å². The van der Waals surface area contributed by atoms with E-state index in [1.54, 1.807) is 12.1 Å². The summed E-state index contributed by atoms with van der Waals surface area (Å²) in [5, 5.41) is 15.2. The van der Waals surface area contributed by atoms with Gasteiger partial charge in [0.1, 0.15) is 0 Å². The zero-order valence-electron chi connectivity index (χ0n) is 22.3. The van der Waals surface area contributed by atoms with E-state index >= 15 is 0 Å². The number of hydrogen-bond donors (Lipinski definition) is 2. The Bertz CT molecular complexity index is 2120. The molecule has 0 radical (unpaired) electrons. The second-order valence-electron chi connectivity index (χ2n) is 9.73. The number of H-pyrrole nitrogens is 2. The Morgan fingerprint density at radius 3 is 2.14 bits per heavy atom. The number of nitrogens with zero attached hydrogens (tertiary/aromatic N) is 4. The molecule has 0 aliphatic heterocycles. The van der Waals surface area contributed by atoms with Crippen LogP contribution in [0.15, 0.2) is 118 Å². The number of para-hydroxylation sites is 2. The number of aromatic amines is 2. The molecule has 3 aromatic heterocycles. The molecule has 0 bridgehead atoms. The van der Waals surface area contributed by atoms with Crippen LogP contribution in [0.4, 0.5) is 10.8 Å². The minimum atomic E-state index is 0.470. The fraction of sp³-hybridized carbons (Fsp3) is 0.0303. The van der Waals surface area contributed by atoms with Crippen molar-refractivity contribution >= 4 is 73.0 Å². The summed E-state index contributed by atoms with van der Waals surface area (Å²) in [4.78, 5) is 17.0. The van der Waals surface area contributed by atoms with Gasteiger partial charge in [0.25, 0.3) is 0 Å². The number of nitrogens with one attached hydrogen (secondary N) is 2. The van der Waals surface area contributed by atoms with Crippen molar-refractivity contribution in [1.29, 1.82) is 0 Å². The predicted molar refractivity (Wildman–Crippen MR) is 175 cm³/mol. The zero-order chi connectivity index (χ0) is 28.6. The van der Waals surface area contributed by atoms with Crippen LogP contribution in [0.25, 0.3) is 44.3 Å². The van der Waals surface area contributed by atoms with Crippen LogP contribution in [0.3, 0.4) is 0 Å². The predicted octanol–water partition coefficient (Wildman–Crippen LogP) is 10.9. The van der Waals surface area contributed by atoms with Crippen LogP contribution in [-0.4, -0.2) is 20.8 Å². The third-order valence-corrected chi connectivity index (χ3v) is 8.23. The fourth-order valence-corrected chi connectivity index (χ4v) is 6.00. The van der Waals surface area contributed by atoms with E-state index < -0.39 is 0 Å². The SMILES string of the molecule is Cc1[nH]c2ccccc2c1/C(N=Nc1ccc(Cl)cc1)=N/c1nc(-c2c(-c3ccc(Cl)cc3)[nH]c3ccccc23)cs1. The number of halogens is 2. The summed E-state index contributed by atoms with van der Waals surface area (Å²) < 4.78 is 0. The molecule has 6 nitrogen and oxygen atoms in total. The van der Waals surface area contributed by atoms with Gasteiger partial charge in [-0.1, -0.05) is 71.7 Å². The molecule has 0 amide bonds. The molecule has 3 heterocycles. The summed E-state index contributed by atoms with van der Waals surface area (Å²) in [5.74, 6) is 0.470. The molecular weight excluding hydrogens is 583 g/mol. The van der Waals surface area contributed by atoms with E-state index in [-0.39, 0.29) is 0 Å². The minimum Gasteiger partial charge on any atom is -0.358 e. The van der Waals surface area contributed by atoms with Crippen LogP contribution in [0.2, 0.25) is 10.0 Å². The molecule has 0 aliphatic carbocycles. The van der Waals surface area contributed by atoms with Crippen LogP contribution in [0.1, 0.15) is 11.3 Å². The summed E-state index contributed by atoms with van der Waals surface area (Å²) in [7, 11) is 0. The normalized spacial score (nSPS) is 12.2. The quantitative estimate of drug-likeness (QED) is 0.114. The van der Waals surface area contributed by atoms with Crippen LogP contribution < -0.4 is 0 Å². The summed E-state index contributed by atoms with van der Waals surface area (Å²) in [5.41, 5.74) is 8.38. The smallest absolute Gasteiger partial charge is 0.211 e. The van der Waals surface area contributed by atoms with E-state index in [4.69, 9.17) is 33.2 Å². The highest BCUT2D eigenvalue weighted by Gasteiger charge is 2.19. The summed E-state index contributed by atoms with van der Waals surface area (Å²) >= 11 is 13.7. The van der Waals surface area contributed by atoms with E-state index in [1.165, 1.54) is 11.3 Å². The first-order valence-electron chi connectivity index (χ1n) is 13.2. The second-order valence-corrected chi connectivity index (χ2v) is 11.4. The minimum absolute atomic E-state index is 0.470. The first-order valence-corrected chi connectivity index (χ1v) is 14.8. The van der Waals surface area contributed by atoms with Crippen molar-refractivity contribution in [3.63, 3.8) is 0 Å². The molecule has 0 spiro atoms. The number of thiazole rings is 1. The number of aryl methyl sites for hydroxylation is 1. The zero-order valence-corrected chi connectivity index (χ0v) is 24.6. The lowest BCUT2D eigenvalue weighted by atomic mass is 10.0. The highest BCUT2D eigenvalue weighted by atomic mass is 35.5. The van der Waals surface area contributed by atoms with Crippen molar-refractivity contribution in [3.05, 3.63) is 124 Å². The van der Waals surface area contributed by atoms with E-state index in [0.29, 0.717) is 26.7 Å². The number of rotatable bonds is 5. The van der Waals surface area contributed by atoms with Gasteiger partial charge in [-0.05, 0) is 61.0 Å². The van der Waals surface area contributed by atoms with Gasteiger partial charge in [-0.15, -0.1) is 21.6 Å². The molecular formula is C33H22Cl2N6S. The van der Waals surface area contributed by atoms with Gasteiger partial charge in [-0.3, -0.25) is 0 Å². The van der Waals surface area contributed by atoms with Crippen LogP contribution in [0, 0.1) is 6.92 Å². The van der Waals surface area contributed by atoms with E-state index in [9.17, 15) is 0 Å². The molecule has 4 aromatic carbocycles. The number of aromatic nitrogens is 3. The third kappa shape index (κ3) is 5.03. The molecule has 204 valence electrons. The standard InChI is InChI=1S/C33H22Cl2N6S/c1-19-29(24-6-2-4-8-26(24)36-19)32(41-40-23-16-14-22(35)15-17-23)39-33-38-28(18-42-33)30-25-7-3-5-9-27(25)37-31(30)20-10-12-21(34)13-11-20/h2-18,36-37H,1H3/b39-32-,41-40?. The number of benzene rings is 4. The van der Waals surface area contributed by atoms with Crippen molar-refractivity contribution in [2.45, 2.75) is 6.92 Å². The largest absolute Gasteiger partial charge is 0.358 e. The lowest BCUT2D eigenvalue weighted by molar-refractivity contribution is 1.23.